The number of nitrogens with zero attached hydrogens (tertiary/aromatic N) is 2. The fourth-order valence-electron chi connectivity index (χ4n) is 3.39. The molecular formula is C18H22N2O5. The van der Waals surface area contributed by atoms with Crippen molar-refractivity contribution in [1.82, 2.24) is 9.80 Å². The first kappa shape index (κ1) is 17.3. The molecule has 3 rings (SSSR count). The average molecular weight is 346 g/mol. The zero-order valence-electron chi connectivity index (χ0n) is 14.4. The van der Waals surface area contributed by atoms with Gasteiger partial charge in [-0.1, -0.05) is 6.07 Å². The first-order valence-electron chi connectivity index (χ1n) is 8.44. The first-order valence-corrected chi connectivity index (χ1v) is 8.44. The number of rotatable bonds is 3. The van der Waals surface area contributed by atoms with Gasteiger partial charge in [0.25, 0.3) is 5.91 Å². The van der Waals surface area contributed by atoms with Crippen LogP contribution in [0.3, 0.4) is 0 Å². The number of cyclic esters (lactones) is 1. The molecule has 7 heteroatoms. The Hall–Kier alpha value is -2.57. The molecule has 2 fully saturated rings. The number of hydrogen-bond acceptors (Lipinski definition) is 5. The summed E-state index contributed by atoms with van der Waals surface area (Å²) in [6.45, 7) is 3.64. The first-order chi connectivity index (χ1) is 12.0. The highest BCUT2D eigenvalue weighted by atomic mass is 16.6. The van der Waals surface area contributed by atoms with Crippen molar-refractivity contribution in [2.45, 2.75) is 31.9 Å². The minimum absolute atomic E-state index is 0.0757. The van der Waals surface area contributed by atoms with Crippen LogP contribution in [-0.2, 0) is 9.47 Å². The van der Waals surface area contributed by atoms with Crippen LogP contribution in [0.15, 0.2) is 24.3 Å². The van der Waals surface area contributed by atoms with Crippen LogP contribution in [0.5, 0.6) is 0 Å². The van der Waals surface area contributed by atoms with Crippen molar-refractivity contribution in [3.05, 3.63) is 35.4 Å². The Morgan fingerprint density at radius 3 is 2.48 bits per heavy atom. The number of amides is 2. The number of carbonyl (C=O) groups is 3. The van der Waals surface area contributed by atoms with Crippen molar-refractivity contribution in [2.24, 2.45) is 0 Å². The second-order valence-electron chi connectivity index (χ2n) is 6.44. The molecule has 1 unspecified atom stereocenters. The molecule has 0 aromatic heterocycles. The molecular weight excluding hydrogens is 324 g/mol. The molecule has 0 saturated carbocycles. The summed E-state index contributed by atoms with van der Waals surface area (Å²) in [5.41, 5.74) is 0.826. The lowest BCUT2D eigenvalue weighted by molar-refractivity contribution is 0.0600. The Labute approximate surface area is 146 Å². The zero-order chi connectivity index (χ0) is 18.0. The number of likely N-dealkylation sites (tertiary alicyclic amines) is 1. The second kappa shape index (κ2) is 7.13. The van der Waals surface area contributed by atoms with Crippen molar-refractivity contribution >= 4 is 18.0 Å². The monoisotopic (exact) mass is 346 g/mol. The molecule has 0 bridgehead atoms. The number of ether oxygens (including phenoxy) is 2. The predicted molar refractivity (Wildman–Crippen MR) is 89.4 cm³/mol. The standard InChI is InChI=1S/C18H22N2O5/c1-12-11-20(18(23)25-12)15-6-8-19(9-7-15)16(21)13-4-3-5-14(10-13)17(22)24-2/h3-5,10,12,15H,6-9,11H2,1-2H3. The maximum atomic E-state index is 12.7. The van der Waals surface area contributed by atoms with Gasteiger partial charge in [-0.3, -0.25) is 4.79 Å². The molecule has 2 amide bonds. The Morgan fingerprint density at radius 2 is 1.88 bits per heavy atom. The molecule has 0 N–H and O–H groups in total. The number of benzene rings is 1. The van der Waals surface area contributed by atoms with Gasteiger partial charge in [-0.05, 0) is 38.0 Å². The van der Waals surface area contributed by atoms with E-state index in [0.717, 1.165) is 12.8 Å². The quantitative estimate of drug-likeness (QED) is 0.782. The fraction of sp³-hybridized carbons (Fsp3) is 0.500. The van der Waals surface area contributed by atoms with Gasteiger partial charge in [0, 0.05) is 24.7 Å². The lowest BCUT2D eigenvalue weighted by Crippen LogP contribution is -2.47. The average Bonchev–Trinajstić information content (AvgIpc) is 2.99. The van der Waals surface area contributed by atoms with E-state index in [1.807, 2.05) is 6.92 Å². The van der Waals surface area contributed by atoms with Crippen LogP contribution in [0, 0.1) is 0 Å². The summed E-state index contributed by atoms with van der Waals surface area (Å²) >= 11 is 0. The van der Waals surface area contributed by atoms with Gasteiger partial charge >= 0.3 is 12.1 Å². The van der Waals surface area contributed by atoms with E-state index in [1.54, 1.807) is 34.1 Å². The Kier molecular flexibility index (Phi) is 4.92. The number of methoxy groups -OCH3 is 1. The van der Waals surface area contributed by atoms with E-state index in [0.29, 0.717) is 30.8 Å². The summed E-state index contributed by atoms with van der Waals surface area (Å²) in [6.07, 6.45) is 1.12. The van der Waals surface area contributed by atoms with Crippen LogP contribution >= 0.6 is 0 Å². The van der Waals surface area contributed by atoms with Crippen LogP contribution in [0.4, 0.5) is 4.79 Å². The molecule has 2 saturated heterocycles. The van der Waals surface area contributed by atoms with E-state index in [1.165, 1.54) is 7.11 Å². The molecule has 1 aromatic rings. The normalized spacial score (nSPS) is 21.2. The molecule has 134 valence electrons. The molecule has 1 atom stereocenters. The van der Waals surface area contributed by atoms with Crippen LogP contribution in [0.25, 0.3) is 0 Å². The van der Waals surface area contributed by atoms with Crippen LogP contribution < -0.4 is 0 Å². The van der Waals surface area contributed by atoms with Crippen LogP contribution in [-0.4, -0.2) is 66.7 Å². The largest absolute Gasteiger partial charge is 0.465 e. The minimum atomic E-state index is -0.463. The molecule has 0 spiro atoms. The molecule has 2 heterocycles. The molecule has 2 aliphatic heterocycles. The van der Waals surface area contributed by atoms with Gasteiger partial charge in [0.1, 0.15) is 6.10 Å². The Morgan fingerprint density at radius 1 is 1.20 bits per heavy atom. The summed E-state index contributed by atoms with van der Waals surface area (Å²) in [6, 6.07) is 6.66. The van der Waals surface area contributed by atoms with Gasteiger partial charge in [-0.25, -0.2) is 9.59 Å². The summed E-state index contributed by atoms with van der Waals surface area (Å²) in [7, 11) is 1.31. The van der Waals surface area contributed by atoms with Crippen molar-refractivity contribution < 1.29 is 23.9 Å². The van der Waals surface area contributed by atoms with E-state index in [9.17, 15) is 14.4 Å². The summed E-state index contributed by atoms with van der Waals surface area (Å²) in [4.78, 5) is 39.7. The number of hydrogen-bond donors (Lipinski definition) is 0. The fourth-order valence-corrected chi connectivity index (χ4v) is 3.39. The van der Waals surface area contributed by atoms with Crippen molar-refractivity contribution in [2.75, 3.05) is 26.7 Å². The Balaban J connectivity index is 1.62. The van der Waals surface area contributed by atoms with Crippen LogP contribution in [0.1, 0.15) is 40.5 Å². The van der Waals surface area contributed by atoms with Crippen molar-refractivity contribution in [3.63, 3.8) is 0 Å². The van der Waals surface area contributed by atoms with Gasteiger partial charge in [-0.2, -0.15) is 0 Å². The molecule has 7 nitrogen and oxygen atoms in total. The van der Waals surface area contributed by atoms with Gasteiger partial charge in [0.15, 0.2) is 0 Å². The van der Waals surface area contributed by atoms with Gasteiger partial charge in [-0.15, -0.1) is 0 Å². The minimum Gasteiger partial charge on any atom is -0.465 e. The van der Waals surface area contributed by atoms with Crippen molar-refractivity contribution in [3.8, 4) is 0 Å². The lowest BCUT2D eigenvalue weighted by atomic mass is 10.0. The van der Waals surface area contributed by atoms with E-state index < -0.39 is 5.97 Å². The second-order valence-corrected chi connectivity index (χ2v) is 6.44. The smallest absolute Gasteiger partial charge is 0.410 e. The molecule has 2 aliphatic rings. The molecule has 0 radical (unpaired) electrons. The maximum absolute atomic E-state index is 12.7. The number of piperidine rings is 1. The highest BCUT2D eigenvalue weighted by molar-refractivity contribution is 5.98. The van der Waals surface area contributed by atoms with E-state index in [2.05, 4.69) is 0 Å². The SMILES string of the molecule is COC(=O)c1cccc(C(=O)N2CCC(N3CC(C)OC3=O)CC2)c1. The van der Waals surface area contributed by atoms with E-state index >= 15 is 0 Å². The highest BCUT2D eigenvalue weighted by Crippen LogP contribution is 2.23. The maximum Gasteiger partial charge on any atom is 0.410 e. The third-order valence-electron chi connectivity index (χ3n) is 4.71. The molecule has 25 heavy (non-hydrogen) atoms. The molecule has 0 aliphatic carbocycles. The summed E-state index contributed by atoms with van der Waals surface area (Å²) in [5.74, 6) is -0.573. The molecule has 1 aromatic carbocycles. The predicted octanol–water partition coefficient (Wildman–Crippen LogP) is 1.92. The lowest BCUT2D eigenvalue weighted by Gasteiger charge is -2.35. The van der Waals surface area contributed by atoms with Gasteiger partial charge in [0.2, 0.25) is 0 Å². The summed E-state index contributed by atoms with van der Waals surface area (Å²) < 4.78 is 9.87. The third-order valence-corrected chi connectivity index (χ3v) is 4.71. The highest BCUT2D eigenvalue weighted by Gasteiger charge is 2.36. The third kappa shape index (κ3) is 3.60. The Bertz CT molecular complexity index is 682. The van der Waals surface area contributed by atoms with Gasteiger partial charge in [0.05, 0.1) is 19.2 Å². The topological polar surface area (TPSA) is 76.2 Å². The van der Waals surface area contributed by atoms with E-state index in [4.69, 9.17) is 9.47 Å². The number of carbonyl (C=O) groups excluding carboxylic acids is 3. The summed E-state index contributed by atoms with van der Waals surface area (Å²) in [5, 5.41) is 0. The van der Waals surface area contributed by atoms with Gasteiger partial charge < -0.3 is 19.3 Å². The van der Waals surface area contributed by atoms with Crippen LogP contribution in [0.2, 0.25) is 0 Å². The van der Waals surface area contributed by atoms with E-state index in [-0.39, 0.29) is 24.1 Å². The zero-order valence-corrected chi connectivity index (χ0v) is 14.4. The van der Waals surface area contributed by atoms with Crippen molar-refractivity contribution in [1.29, 1.82) is 0 Å². The number of esters is 1.